The molecule has 1 aliphatic carbocycles. The predicted molar refractivity (Wildman–Crippen MR) is 75.5 cm³/mol. The third-order valence-corrected chi connectivity index (χ3v) is 3.22. The SMILES string of the molecule is C#CCN(CC1CC1)C(=O)Nc1c(F)cccc1C(=O)O. The molecule has 2 N–H and O–H groups in total. The van der Waals surface area contributed by atoms with E-state index in [1.807, 2.05) is 0 Å². The van der Waals surface area contributed by atoms with Crippen LogP contribution in [-0.2, 0) is 0 Å². The van der Waals surface area contributed by atoms with Crippen molar-refractivity contribution in [3.8, 4) is 12.3 Å². The topological polar surface area (TPSA) is 69.6 Å². The number of halogens is 1. The molecule has 1 aliphatic rings. The molecule has 0 radical (unpaired) electrons. The van der Waals surface area contributed by atoms with Crippen molar-refractivity contribution < 1.29 is 19.1 Å². The normalized spacial score (nSPS) is 13.3. The smallest absolute Gasteiger partial charge is 0.337 e. The molecule has 21 heavy (non-hydrogen) atoms. The minimum atomic E-state index is -1.31. The standard InChI is InChI=1S/C15H15FN2O3/c1-2-8-18(9-10-6-7-10)15(21)17-13-11(14(19)20)4-3-5-12(13)16/h1,3-5,10H,6-9H2,(H,17,21)(H,19,20). The second kappa shape index (κ2) is 6.27. The Kier molecular flexibility index (Phi) is 4.43. The fourth-order valence-corrected chi connectivity index (χ4v) is 1.96. The number of carbonyl (C=O) groups excluding carboxylic acids is 1. The van der Waals surface area contributed by atoms with Crippen molar-refractivity contribution in [3.63, 3.8) is 0 Å². The van der Waals surface area contributed by atoms with E-state index < -0.39 is 17.8 Å². The summed E-state index contributed by atoms with van der Waals surface area (Å²) in [5.74, 6) is 0.689. The van der Waals surface area contributed by atoms with Gasteiger partial charge < -0.3 is 15.3 Å². The maximum Gasteiger partial charge on any atom is 0.337 e. The number of anilines is 1. The summed E-state index contributed by atoms with van der Waals surface area (Å²) in [5, 5.41) is 11.4. The molecule has 0 aromatic heterocycles. The first-order valence-electron chi connectivity index (χ1n) is 6.54. The van der Waals surface area contributed by atoms with Crippen LogP contribution in [0.4, 0.5) is 14.9 Å². The summed E-state index contributed by atoms with van der Waals surface area (Å²) in [6, 6.07) is 3.01. The van der Waals surface area contributed by atoms with E-state index in [9.17, 15) is 14.0 Å². The van der Waals surface area contributed by atoms with Gasteiger partial charge >= 0.3 is 12.0 Å². The van der Waals surface area contributed by atoms with Crippen molar-refractivity contribution in [2.24, 2.45) is 5.92 Å². The zero-order valence-corrected chi connectivity index (χ0v) is 11.3. The molecule has 2 rings (SSSR count). The molecule has 110 valence electrons. The number of urea groups is 1. The van der Waals surface area contributed by atoms with Crippen molar-refractivity contribution >= 4 is 17.7 Å². The van der Waals surface area contributed by atoms with Crippen molar-refractivity contribution in [2.45, 2.75) is 12.8 Å². The van der Waals surface area contributed by atoms with Gasteiger partial charge in [-0.05, 0) is 30.9 Å². The van der Waals surface area contributed by atoms with Crippen molar-refractivity contribution in [2.75, 3.05) is 18.4 Å². The van der Waals surface area contributed by atoms with Crippen LogP contribution in [0.5, 0.6) is 0 Å². The number of carboxylic acids is 1. The van der Waals surface area contributed by atoms with Gasteiger partial charge in [-0.3, -0.25) is 0 Å². The van der Waals surface area contributed by atoms with Gasteiger partial charge in [0.25, 0.3) is 0 Å². The molecule has 0 bridgehead atoms. The zero-order chi connectivity index (χ0) is 15.4. The van der Waals surface area contributed by atoms with Gasteiger partial charge in [-0.2, -0.15) is 0 Å². The Hall–Kier alpha value is -2.55. The number of aromatic carboxylic acids is 1. The number of hydrogen-bond acceptors (Lipinski definition) is 2. The van der Waals surface area contributed by atoms with Gasteiger partial charge in [0, 0.05) is 6.54 Å². The van der Waals surface area contributed by atoms with Gasteiger partial charge in [-0.15, -0.1) is 6.42 Å². The van der Waals surface area contributed by atoms with E-state index in [4.69, 9.17) is 11.5 Å². The van der Waals surface area contributed by atoms with Crippen LogP contribution in [0.1, 0.15) is 23.2 Å². The van der Waals surface area contributed by atoms with Gasteiger partial charge in [0.1, 0.15) is 5.82 Å². The first kappa shape index (κ1) is 14.9. The molecule has 5 nitrogen and oxygen atoms in total. The Labute approximate surface area is 121 Å². The van der Waals surface area contributed by atoms with Crippen molar-refractivity contribution in [3.05, 3.63) is 29.6 Å². The lowest BCUT2D eigenvalue weighted by atomic mass is 10.1. The average molecular weight is 290 g/mol. The molecule has 1 aromatic carbocycles. The number of carboxylic acid groups (broad SMARTS) is 1. The quantitative estimate of drug-likeness (QED) is 0.818. The van der Waals surface area contributed by atoms with Gasteiger partial charge in [-0.1, -0.05) is 12.0 Å². The molecule has 0 saturated heterocycles. The molecule has 1 aromatic rings. The highest BCUT2D eigenvalue weighted by atomic mass is 19.1. The second-order valence-corrected chi connectivity index (χ2v) is 4.93. The summed E-state index contributed by atoms with van der Waals surface area (Å²) in [6.07, 6.45) is 7.30. The van der Waals surface area contributed by atoms with Crippen LogP contribution in [-0.4, -0.2) is 35.1 Å². The predicted octanol–water partition coefficient (Wildman–Crippen LogP) is 2.40. The van der Waals surface area contributed by atoms with Crippen LogP contribution in [0.15, 0.2) is 18.2 Å². The molecule has 0 atom stereocenters. The number of nitrogens with zero attached hydrogens (tertiary/aromatic N) is 1. The minimum absolute atomic E-state index is 0.0964. The van der Waals surface area contributed by atoms with E-state index >= 15 is 0 Å². The van der Waals surface area contributed by atoms with Crippen LogP contribution in [0.3, 0.4) is 0 Å². The maximum atomic E-state index is 13.8. The number of para-hydroxylation sites is 1. The highest BCUT2D eigenvalue weighted by Crippen LogP contribution is 2.30. The molecule has 1 fully saturated rings. The third kappa shape index (κ3) is 3.72. The number of benzene rings is 1. The Balaban J connectivity index is 2.17. The molecule has 0 heterocycles. The average Bonchev–Trinajstić information content (AvgIpc) is 3.24. The molecule has 1 saturated carbocycles. The number of terminal acetylenes is 1. The van der Waals surface area contributed by atoms with E-state index in [0.29, 0.717) is 12.5 Å². The number of amides is 2. The van der Waals surface area contributed by atoms with Crippen LogP contribution in [0, 0.1) is 24.1 Å². The van der Waals surface area contributed by atoms with E-state index in [2.05, 4.69) is 11.2 Å². The van der Waals surface area contributed by atoms with E-state index in [1.165, 1.54) is 17.0 Å². The Bertz CT molecular complexity index is 605. The third-order valence-electron chi connectivity index (χ3n) is 3.22. The van der Waals surface area contributed by atoms with Gasteiger partial charge in [-0.25, -0.2) is 14.0 Å². The van der Waals surface area contributed by atoms with Gasteiger partial charge in [0.05, 0.1) is 17.8 Å². The lowest BCUT2D eigenvalue weighted by Gasteiger charge is -2.21. The van der Waals surface area contributed by atoms with E-state index in [1.54, 1.807) is 0 Å². The Morgan fingerprint density at radius 2 is 2.19 bits per heavy atom. The van der Waals surface area contributed by atoms with Crippen LogP contribution < -0.4 is 5.32 Å². The summed E-state index contributed by atoms with van der Waals surface area (Å²) in [6.45, 7) is 0.589. The highest BCUT2D eigenvalue weighted by Gasteiger charge is 2.27. The molecular formula is C15H15FN2O3. The van der Waals surface area contributed by atoms with E-state index in [-0.39, 0.29) is 17.8 Å². The molecule has 6 heteroatoms. The number of hydrogen-bond donors (Lipinski definition) is 2. The zero-order valence-electron chi connectivity index (χ0n) is 11.3. The Morgan fingerprint density at radius 1 is 1.48 bits per heavy atom. The first-order chi connectivity index (χ1) is 10.0. The molecule has 2 amide bonds. The monoisotopic (exact) mass is 290 g/mol. The summed E-state index contributed by atoms with van der Waals surface area (Å²) in [5.41, 5.74) is -0.636. The maximum absolute atomic E-state index is 13.8. The fourth-order valence-electron chi connectivity index (χ4n) is 1.96. The second-order valence-electron chi connectivity index (χ2n) is 4.93. The van der Waals surface area contributed by atoms with Crippen molar-refractivity contribution in [1.29, 1.82) is 0 Å². The summed E-state index contributed by atoms with van der Waals surface area (Å²) in [7, 11) is 0. The molecule has 0 spiro atoms. The van der Waals surface area contributed by atoms with Crippen molar-refractivity contribution in [1.82, 2.24) is 4.90 Å². The lowest BCUT2D eigenvalue weighted by Crippen LogP contribution is -2.37. The van der Waals surface area contributed by atoms with Crippen LogP contribution in [0.25, 0.3) is 0 Å². The van der Waals surface area contributed by atoms with Crippen LogP contribution >= 0.6 is 0 Å². The highest BCUT2D eigenvalue weighted by molar-refractivity contribution is 6.00. The summed E-state index contributed by atoms with van der Waals surface area (Å²) in [4.78, 5) is 24.6. The molecule has 0 aliphatic heterocycles. The Morgan fingerprint density at radius 3 is 2.76 bits per heavy atom. The number of carbonyl (C=O) groups is 2. The molecule has 0 unspecified atom stereocenters. The first-order valence-corrected chi connectivity index (χ1v) is 6.54. The minimum Gasteiger partial charge on any atom is -0.478 e. The van der Waals surface area contributed by atoms with Crippen LogP contribution in [0.2, 0.25) is 0 Å². The number of rotatable bonds is 5. The largest absolute Gasteiger partial charge is 0.478 e. The van der Waals surface area contributed by atoms with E-state index in [0.717, 1.165) is 18.9 Å². The lowest BCUT2D eigenvalue weighted by molar-refractivity contribution is 0.0697. The summed E-state index contributed by atoms with van der Waals surface area (Å²) < 4.78 is 13.8. The van der Waals surface area contributed by atoms with Gasteiger partial charge in [0.15, 0.2) is 0 Å². The molecular weight excluding hydrogens is 275 g/mol. The fraction of sp³-hybridized carbons (Fsp3) is 0.333. The summed E-state index contributed by atoms with van der Waals surface area (Å²) >= 11 is 0. The van der Waals surface area contributed by atoms with Gasteiger partial charge in [0.2, 0.25) is 0 Å². The number of nitrogens with one attached hydrogen (secondary N) is 1.